The summed E-state index contributed by atoms with van der Waals surface area (Å²) in [7, 11) is 0. The van der Waals surface area contributed by atoms with Gasteiger partial charge in [-0.15, -0.1) is 0 Å². The van der Waals surface area contributed by atoms with Crippen LogP contribution in [-0.4, -0.2) is 34.1 Å². The van der Waals surface area contributed by atoms with E-state index in [9.17, 15) is 4.79 Å². The maximum atomic E-state index is 12.6. The molecule has 1 amide bonds. The average Bonchev–Trinajstić information content (AvgIpc) is 2.93. The number of halogens is 1. The van der Waals surface area contributed by atoms with Crippen molar-refractivity contribution < 1.29 is 4.79 Å². The van der Waals surface area contributed by atoms with E-state index in [-0.39, 0.29) is 5.91 Å². The summed E-state index contributed by atoms with van der Waals surface area (Å²) >= 11 is 5.97. The molecule has 0 radical (unpaired) electrons. The van der Waals surface area contributed by atoms with Crippen molar-refractivity contribution in [3.8, 4) is 0 Å². The Morgan fingerprint density at radius 2 is 2.33 bits per heavy atom. The first-order valence-corrected chi connectivity index (χ1v) is 7.57. The van der Waals surface area contributed by atoms with Gasteiger partial charge in [0.25, 0.3) is 5.91 Å². The molecule has 5 heteroatoms. The third-order valence-electron chi connectivity index (χ3n) is 4.06. The summed E-state index contributed by atoms with van der Waals surface area (Å²) in [5.41, 5.74) is 2.97. The van der Waals surface area contributed by atoms with Crippen molar-refractivity contribution in [3.05, 3.63) is 52.3 Å². The highest BCUT2D eigenvalue weighted by atomic mass is 35.5. The fourth-order valence-electron chi connectivity index (χ4n) is 2.97. The van der Waals surface area contributed by atoms with E-state index in [0.717, 1.165) is 37.2 Å². The zero-order valence-electron chi connectivity index (χ0n) is 12.0. The number of aryl methyl sites for hydroxylation is 1. The number of piperidine rings is 1. The summed E-state index contributed by atoms with van der Waals surface area (Å²) in [6.07, 6.45) is 3.94. The van der Waals surface area contributed by atoms with Gasteiger partial charge in [-0.2, -0.15) is 5.10 Å². The standard InChI is InChI=1S/C16H18ClN3O/c1-11-9-18-19-15(11)13-5-3-7-20(10-13)16(21)12-4-2-6-14(17)8-12/h2,4,6,8-9,13H,3,5,7,10H2,1H3,(H,18,19)/t13-/m1/s1. The maximum absolute atomic E-state index is 12.6. The number of carbonyl (C=O) groups excluding carboxylic acids is 1. The Morgan fingerprint density at radius 1 is 1.48 bits per heavy atom. The van der Waals surface area contributed by atoms with E-state index in [2.05, 4.69) is 17.1 Å². The van der Waals surface area contributed by atoms with Crippen molar-refractivity contribution in [2.45, 2.75) is 25.7 Å². The zero-order chi connectivity index (χ0) is 14.8. The van der Waals surface area contributed by atoms with Gasteiger partial charge in [-0.25, -0.2) is 0 Å². The van der Waals surface area contributed by atoms with Crippen molar-refractivity contribution in [2.24, 2.45) is 0 Å². The molecule has 1 N–H and O–H groups in total. The van der Waals surface area contributed by atoms with Crippen molar-refractivity contribution in [3.63, 3.8) is 0 Å². The number of hydrogen-bond donors (Lipinski definition) is 1. The molecule has 3 rings (SSSR count). The minimum Gasteiger partial charge on any atom is -0.338 e. The van der Waals surface area contributed by atoms with Crippen LogP contribution in [0.1, 0.15) is 40.4 Å². The van der Waals surface area contributed by atoms with E-state index in [1.807, 2.05) is 23.2 Å². The van der Waals surface area contributed by atoms with Crippen LogP contribution in [0.3, 0.4) is 0 Å². The van der Waals surface area contributed by atoms with E-state index in [0.29, 0.717) is 16.5 Å². The number of aromatic amines is 1. The van der Waals surface area contributed by atoms with Crippen LogP contribution in [0.5, 0.6) is 0 Å². The van der Waals surface area contributed by atoms with Crippen molar-refractivity contribution in [2.75, 3.05) is 13.1 Å². The Hall–Kier alpha value is -1.81. The van der Waals surface area contributed by atoms with Gasteiger partial charge in [0.15, 0.2) is 0 Å². The van der Waals surface area contributed by atoms with Crippen LogP contribution in [0.15, 0.2) is 30.5 Å². The van der Waals surface area contributed by atoms with Gasteiger partial charge in [0.05, 0.1) is 6.20 Å². The van der Waals surface area contributed by atoms with Crippen molar-refractivity contribution in [1.82, 2.24) is 15.1 Å². The Balaban J connectivity index is 1.77. The summed E-state index contributed by atoms with van der Waals surface area (Å²) in [5.74, 6) is 0.392. The SMILES string of the molecule is Cc1cn[nH]c1[C@@H]1CCCN(C(=O)c2cccc(Cl)c2)C1. The molecule has 21 heavy (non-hydrogen) atoms. The van der Waals surface area contributed by atoms with Gasteiger partial charge in [-0.05, 0) is 43.5 Å². The van der Waals surface area contributed by atoms with E-state index in [4.69, 9.17) is 11.6 Å². The molecule has 1 aromatic heterocycles. The monoisotopic (exact) mass is 303 g/mol. The molecule has 1 atom stereocenters. The molecular weight excluding hydrogens is 286 g/mol. The van der Waals surface area contributed by atoms with E-state index in [1.165, 1.54) is 0 Å². The first kappa shape index (κ1) is 14.1. The number of amides is 1. The molecule has 1 aliphatic rings. The van der Waals surface area contributed by atoms with Gasteiger partial charge >= 0.3 is 0 Å². The third kappa shape index (κ3) is 2.95. The first-order chi connectivity index (χ1) is 10.1. The molecule has 1 saturated heterocycles. The van der Waals surface area contributed by atoms with Gasteiger partial charge in [-0.1, -0.05) is 17.7 Å². The van der Waals surface area contributed by atoms with Crippen LogP contribution in [0, 0.1) is 6.92 Å². The highest BCUT2D eigenvalue weighted by molar-refractivity contribution is 6.30. The fourth-order valence-corrected chi connectivity index (χ4v) is 3.16. The van der Waals surface area contributed by atoms with Gasteiger partial charge in [0, 0.05) is 35.3 Å². The molecule has 1 aliphatic heterocycles. The Kier molecular flexibility index (Phi) is 3.97. The summed E-state index contributed by atoms with van der Waals surface area (Å²) in [5, 5.41) is 7.76. The van der Waals surface area contributed by atoms with E-state index < -0.39 is 0 Å². The Labute approximate surface area is 129 Å². The zero-order valence-corrected chi connectivity index (χ0v) is 12.7. The highest BCUT2D eigenvalue weighted by Crippen LogP contribution is 2.28. The average molecular weight is 304 g/mol. The van der Waals surface area contributed by atoms with Gasteiger partial charge < -0.3 is 4.90 Å². The largest absolute Gasteiger partial charge is 0.338 e. The van der Waals surface area contributed by atoms with Crippen molar-refractivity contribution >= 4 is 17.5 Å². The molecule has 0 saturated carbocycles. The van der Waals surface area contributed by atoms with Crippen LogP contribution < -0.4 is 0 Å². The topological polar surface area (TPSA) is 49.0 Å². The van der Waals surface area contributed by atoms with Crippen LogP contribution in [-0.2, 0) is 0 Å². The Bertz CT molecular complexity index is 652. The van der Waals surface area contributed by atoms with E-state index >= 15 is 0 Å². The number of rotatable bonds is 2. The molecule has 2 heterocycles. The lowest BCUT2D eigenvalue weighted by atomic mass is 9.92. The molecule has 1 fully saturated rings. The first-order valence-electron chi connectivity index (χ1n) is 7.20. The second-order valence-corrected chi connectivity index (χ2v) is 6.00. The molecular formula is C16H18ClN3O. The lowest BCUT2D eigenvalue weighted by Gasteiger charge is -2.32. The predicted molar refractivity (Wildman–Crippen MR) is 82.7 cm³/mol. The molecule has 110 valence electrons. The van der Waals surface area contributed by atoms with Crippen LogP contribution >= 0.6 is 11.6 Å². The maximum Gasteiger partial charge on any atom is 0.253 e. The number of nitrogens with one attached hydrogen (secondary N) is 1. The predicted octanol–water partition coefficient (Wildman–Crippen LogP) is 3.39. The summed E-state index contributed by atoms with van der Waals surface area (Å²) in [4.78, 5) is 14.5. The van der Waals surface area contributed by atoms with Crippen LogP contribution in [0.2, 0.25) is 5.02 Å². The van der Waals surface area contributed by atoms with Gasteiger partial charge in [0.1, 0.15) is 0 Å². The smallest absolute Gasteiger partial charge is 0.253 e. The second kappa shape index (κ2) is 5.90. The van der Waals surface area contributed by atoms with Gasteiger partial charge in [-0.3, -0.25) is 9.89 Å². The number of nitrogens with zero attached hydrogens (tertiary/aromatic N) is 2. The minimum atomic E-state index is 0.0550. The molecule has 0 spiro atoms. The summed E-state index contributed by atoms with van der Waals surface area (Å²) in [6, 6.07) is 7.15. The number of likely N-dealkylation sites (tertiary alicyclic amines) is 1. The molecule has 0 bridgehead atoms. The molecule has 1 aromatic carbocycles. The lowest BCUT2D eigenvalue weighted by molar-refractivity contribution is 0.0705. The normalized spacial score (nSPS) is 18.8. The minimum absolute atomic E-state index is 0.0550. The summed E-state index contributed by atoms with van der Waals surface area (Å²) in [6.45, 7) is 3.58. The quantitative estimate of drug-likeness (QED) is 0.924. The molecule has 0 unspecified atom stereocenters. The van der Waals surface area contributed by atoms with E-state index in [1.54, 1.807) is 12.1 Å². The van der Waals surface area contributed by atoms with Crippen LogP contribution in [0.4, 0.5) is 0 Å². The number of hydrogen-bond acceptors (Lipinski definition) is 2. The highest BCUT2D eigenvalue weighted by Gasteiger charge is 2.27. The van der Waals surface area contributed by atoms with Crippen molar-refractivity contribution in [1.29, 1.82) is 0 Å². The number of H-pyrrole nitrogens is 1. The number of aromatic nitrogens is 2. The number of carbonyl (C=O) groups is 1. The third-order valence-corrected chi connectivity index (χ3v) is 4.29. The number of benzene rings is 1. The van der Waals surface area contributed by atoms with Crippen LogP contribution in [0.25, 0.3) is 0 Å². The molecule has 4 nitrogen and oxygen atoms in total. The second-order valence-electron chi connectivity index (χ2n) is 5.57. The molecule has 0 aliphatic carbocycles. The fraction of sp³-hybridized carbons (Fsp3) is 0.375. The van der Waals surface area contributed by atoms with Gasteiger partial charge in [0.2, 0.25) is 0 Å². The lowest BCUT2D eigenvalue weighted by Crippen LogP contribution is -2.39. The molecule has 2 aromatic rings. The summed E-state index contributed by atoms with van der Waals surface area (Å²) < 4.78 is 0. The Morgan fingerprint density at radius 3 is 3.05 bits per heavy atom.